The number of carbonyl (C=O) groups is 1. The lowest BCUT2D eigenvalue weighted by Crippen LogP contribution is -2.27. The fourth-order valence-electron chi connectivity index (χ4n) is 3.66. The number of aryl methyl sites for hydroxylation is 1. The number of pyridine rings is 1. The minimum absolute atomic E-state index is 0.102. The molecular weight excluding hydrogens is 420 g/mol. The third-order valence-electron chi connectivity index (χ3n) is 5.31. The van der Waals surface area contributed by atoms with Crippen molar-refractivity contribution in [3.8, 4) is 11.3 Å². The van der Waals surface area contributed by atoms with E-state index in [2.05, 4.69) is 17.2 Å². The van der Waals surface area contributed by atoms with Gasteiger partial charge in [-0.15, -0.1) is 11.3 Å². The van der Waals surface area contributed by atoms with Crippen molar-refractivity contribution >= 4 is 43.4 Å². The van der Waals surface area contributed by atoms with Crippen LogP contribution in [-0.2, 0) is 17.8 Å². The van der Waals surface area contributed by atoms with Gasteiger partial charge in [0.05, 0.1) is 17.5 Å². The van der Waals surface area contributed by atoms with E-state index >= 15 is 0 Å². The Morgan fingerprint density at radius 1 is 1.06 bits per heavy atom. The molecule has 7 heteroatoms. The van der Waals surface area contributed by atoms with Crippen molar-refractivity contribution in [3.05, 3.63) is 89.0 Å². The molecule has 1 amide bonds. The highest BCUT2D eigenvalue weighted by Gasteiger charge is 2.15. The average molecular weight is 441 g/mol. The zero-order valence-electron chi connectivity index (χ0n) is 17.4. The molecule has 0 unspecified atom stereocenters. The lowest BCUT2D eigenvalue weighted by molar-refractivity contribution is -0.116. The second kappa shape index (κ2) is 8.36. The Labute approximate surface area is 188 Å². The van der Waals surface area contributed by atoms with E-state index in [4.69, 9.17) is 4.98 Å². The minimum Gasteiger partial charge on any atom is -0.325 e. The van der Waals surface area contributed by atoms with Crippen LogP contribution in [0.5, 0.6) is 0 Å². The van der Waals surface area contributed by atoms with Gasteiger partial charge in [0.25, 0.3) is 5.56 Å². The van der Waals surface area contributed by atoms with Crippen molar-refractivity contribution in [2.45, 2.75) is 19.9 Å². The number of carbonyl (C=O) groups excluding carboxylic acids is 1. The number of aromatic nitrogens is 3. The van der Waals surface area contributed by atoms with Crippen molar-refractivity contribution in [1.82, 2.24) is 14.5 Å². The average Bonchev–Trinajstić information content (AvgIpc) is 3.20. The van der Waals surface area contributed by atoms with E-state index in [0.717, 1.165) is 39.1 Å². The molecule has 5 aromatic rings. The molecule has 0 aliphatic rings. The van der Waals surface area contributed by atoms with Crippen LogP contribution >= 0.6 is 11.3 Å². The minimum atomic E-state index is -0.271. The lowest BCUT2D eigenvalue weighted by Gasteiger charge is -2.08. The van der Waals surface area contributed by atoms with Gasteiger partial charge in [-0.05, 0) is 36.2 Å². The first-order valence-corrected chi connectivity index (χ1v) is 11.2. The summed E-state index contributed by atoms with van der Waals surface area (Å²) in [6.45, 7) is 1.96. The SMILES string of the molecule is CCc1cccc(NC(=O)Cn2cnc3c(sc4nc(-c5ccccc5)ccc43)c2=O)c1. The predicted octanol–water partition coefficient (Wildman–Crippen LogP) is 4.87. The van der Waals surface area contributed by atoms with E-state index in [1.54, 1.807) is 0 Å². The van der Waals surface area contributed by atoms with Gasteiger partial charge in [-0.1, -0.05) is 49.4 Å². The summed E-state index contributed by atoms with van der Waals surface area (Å²) in [5.41, 5.74) is 4.09. The molecule has 1 N–H and O–H groups in total. The molecule has 0 saturated heterocycles. The van der Waals surface area contributed by atoms with Crippen LogP contribution in [0.2, 0.25) is 0 Å². The highest BCUT2D eigenvalue weighted by molar-refractivity contribution is 7.25. The van der Waals surface area contributed by atoms with Gasteiger partial charge >= 0.3 is 0 Å². The molecular formula is C25H20N4O2S. The zero-order chi connectivity index (χ0) is 22.1. The summed E-state index contributed by atoms with van der Waals surface area (Å²) in [5.74, 6) is -0.271. The molecule has 0 saturated carbocycles. The van der Waals surface area contributed by atoms with Crippen molar-refractivity contribution in [2.75, 3.05) is 5.32 Å². The van der Waals surface area contributed by atoms with E-state index in [1.807, 2.05) is 66.7 Å². The number of nitrogens with zero attached hydrogens (tertiary/aromatic N) is 3. The molecule has 0 aliphatic heterocycles. The van der Waals surface area contributed by atoms with Crippen LogP contribution in [0.3, 0.4) is 0 Å². The largest absolute Gasteiger partial charge is 0.325 e. The normalized spacial score (nSPS) is 11.2. The topological polar surface area (TPSA) is 76.9 Å². The van der Waals surface area contributed by atoms with Gasteiger partial charge in [0.15, 0.2) is 0 Å². The number of thiophene rings is 1. The van der Waals surface area contributed by atoms with Crippen LogP contribution in [-0.4, -0.2) is 20.4 Å². The smallest absolute Gasteiger partial charge is 0.271 e. The Hall–Kier alpha value is -3.84. The molecule has 5 rings (SSSR count). The van der Waals surface area contributed by atoms with E-state index in [9.17, 15) is 9.59 Å². The van der Waals surface area contributed by atoms with Gasteiger partial charge in [-0.25, -0.2) is 9.97 Å². The first-order valence-electron chi connectivity index (χ1n) is 10.4. The van der Waals surface area contributed by atoms with E-state index in [-0.39, 0.29) is 18.0 Å². The highest BCUT2D eigenvalue weighted by atomic mass is 32.1. The molecule has 0 bridgehead atoms. The first-order chi connectivity index (χ1) is 15.6. The Balaban J connectivity index is 1.45. The van der Waals surface area contributed by atoms with Gasteiger partial charge in [0, 0.05) is 16.6 Å². The van der Waals surface area contributed by atoms with Crippen molar-refractivity contribution in [2.24, 2.45) is 0 Å². The van der Waals surface area contributed by atoms with Gasteiger partial charge in [-0.3, -0.25) is 14.2 Å². The molecule has 0 spiro atoms. The molecule has 6 nitrogen and oxygen atoms in total. The van der Waals surface area contributed by atoms with Gasteiger partial charge < -0.3 is 5.32 Å². The van der Waals surface area contributed by atoms with Crippen LogP contribution < -0.4 is 10.9 Å². The maximum Gasteiger partial charge on any atom is 0.271 e. The summed E-state index contributed by atoms with van der Waals surface area (Å²) in [5, 5.41) is 3.70. The number of rotatable bonds is 5. The Morgan fingerprint density at radius 3 is 2.72 bits per heavy atom. The molecule has 3 aromatic heterocycles. The third kappa shape index (κ3) is 3.78. The Morgan fingerprint density at radius 2 is 1.91 bits per heavy atom. The van der Waals surface area contributed by atoms with Crippen LogP contribution in [0.15, 0.2) is 77.9 Å². The van der Waals surface area contributed by atoms with E-state index in [1.165, 1.54) is 22.2 Å². The van der Waals surface area contributed by atoms with Gasteiger partial charge in [-0.2, -0.15) is 0 Å². The van der Waals surface area contributed by atoms with Crippen LogP contribution in [0.1, 0.15) is 12.5 Å². The van der Waals surface area contributed by atoms with Gasteiger partial charge in [0.2, 0.25) is 5.91 Å². The molecule has 0 radical (unpaired) electrons. The Kier molecular flexibility index (Phi) is 5.25. The molecule has 0 aliphatic carbocycles. The van der Waals surface area contributed by atoms with Crippen molar-refractivity contribution in [1.29, 1.82) is 0 Å². The monoisotopic (exact) mass is 440 g/mol. The van der Waals surface area contributed by atoms with Crippen LogP contribution in [0.25, 0.3) is 31.7 Å². The number of fused-ring (bicyclic) bond motifs is 3. The molecule has 3 heterocycles. The fourth-order valence-corrected chi connectivity index (χ4v) is 4.73. The quantitative estimate of drug-likeness (QED) is 0.423. The second-order valence-corrected chi connectivity index (χ2v) is 8.47. The lowest BCUT2D eigenvalue weighted by atomic mass is 10.1. The van der Waals surface area contributed by atoms with Crippen LogP contribution in [0.4, 0.5) is 5.69 Å². The van der Waals surface area contributed by atoms with Crippen molar-refractivity contribution < 1.29 is 4.79 Å². The summed E-state index contributed by atoms with van der Waals surface area (Å²) in [6, 6.07) is 21.5. The number of hydrogen-bond acceptors (Lipinski definition) is 5. The summed E-state index contributed by atoms with van der Waals surface area (Å²) in [6.07, 6.45) is 2.32. The van der Waals surface area contributed by atoms with Crippen molar-refractivity contribution in [3.63, 3.8) is 0 Å². The number of amides is 1. The number of hydrogen-bond donors (Lipinski definition) is 1. The second-order valence-electron chi connectivity index (χ2n) is 7.47. The van der Waals surface area contributed by atoms with Crippen LogP contribution in [0, 0.1) is 0 Å². The summed E-state index contributed by atoms with van der Waals surface area (Å²) in [4.78, 5) is 35.6. The maximum absolute atomic E-state index is 13.1. The van der Waals surface area contributed by atoms with E-state index < -0.39 is 0 Å². The Bertz CT molecular complexity index is 1510. The maximum atomic E-state index is 13.1. The molecule has 0 fully saturated rings. The first kappa shape index (κ1) is 20.1. The number of benzene rings is 2. The summed E-state index contributed by atoms with van der Waals surface area (Å²) in [7, 11) is 0. The zero-order valence-corrected chi connectivity index (χ0v) is 18.2. The van der Waals surface area contributed by atoms with E-state index in [0.29, 0.717) is 10.2 Å². The molecule has 32 heavy (non-hydrogen) atoms. The highest BCUT2D eigenvalue weighted by Crippen LogP contribution is 2.31. The number of anilines is 1. The molecule has 2 aromatic carbocycles. The fraction of sp³-hybridized carbons (Fsp3) is 0.120. The standard InChI is InChI=1S/C25H20N4O2S/c1-2-16-7-6-10-18(13-16)27-21(30)14-29-15-26-22-19-11-12-20(17-8-4-3-5-9-17)28-24(19)32-23(22)25(29)31/h3-13,15H,2,14H2,1H3,(H,27,30). The summed E-state index contributed by atoms with van der Waals surface area (Å²) >= 11 is 1.31. The van der Waals surface area contributed by atoms with Gasteiger partial charge in [0.1, 0.15) is 16.1 Å². The number of nitrogens with one attached hydrogen (secondary N) is 1. The third-order valence-corrected chi connectivity index (χ3v) is 6.39. The summed E-state index contributed by atoms with van der Waals surface area (Å²) < 4.78 is 1.84. The molecule has 158 valence electrons. The molecule has 0 atom stereocenters. The predicted molar refractivity (Wildman–Crippen MR) is 129 cm³/mol.